The molecule has 7 aromatic heterocycles. The molecule has 2 saturated heterocycles. The molecular weight excluding hydrogens is 1840 g/mol. The van der Waals surface area contributed by atoms with Crippen LogP contribution in [-0.4, -0.2) is 142 Å². The first-order valence-electron chi connectivity index (χ1n) is 40.2. The number of pyridine rings is 1. The summed E-state index contributed by atoms with van der Waals surface area (Å²) in [5, 5.41) is 7.49. The molecule has 1 amide bonds. The highest BCUT2D eigenvalue weighted by molar-refractivity contribution is 7.94. The molecule has 40 heteroatoms. The van der Waals surface area contributed by atoms with Crippen molar-refractivity contribution in [3.63, 3.8) is 0 Å². The standard InChI is InChI=1S/C20H23N5O3S2.C18H17N3O3S2.C18H16N2O4S.C18H16N2O3S2.C16H19N3O3S2/c1-13-3-4-25(11-13)20(26)15-5-14(16-9-23-24(2)12-16)6-17(7-15)30(27,28)19-10-22-18(8-21)29-19;1-11-3-4-13(9-20-11)15-5-14(12(2)22)6-16(7-15)26(23,24)18-10-21-17(8-19)25-18;1-12(21)14-7-15(13-5-3-2-4-6-13)9-16(8-14)25(22,23)18-11-20-17(10-19)24-18;1-12(21)14-7-15(13-5-3-2-4-6-13)9-16(8-14)25(22,23)18-11-24-17(10-19)20-18;1-11(20)12-6-13(19-4-2-3-5-19)8-14(7-12)24(21,22)16-10-18-15(9-17)23-16/h5-7,9-10,12-13H,3-4,8,11,21H2,1-2H3;3-7,9-10H,8,19H2,1-2H3;2*2-9,11H,10,19H2,1H3;6-8,10H,2-5,9,17H2,1H3/t13-;;;;/m1..../s1. The molecule has 676 valence electrons. The number of aromatic nitrogens is 8. The number of oxazole rings is 1. The lowest BCUT2D eigenvalue weighted by molar-refractivity contribution is 0.0786. The van der Waals surface area contributed by atoms with Gasteiger partial charge in [0, 0.05) is 128 Å². The molecule has 9 heterocycles. The maximum atomic E-state index is 13.3. The van der Waals surface area contributed by atoms with Crippen molar-refractivity contribution in [3.8, 4) is 44.5 Å². The zero-order valence-corrected chi connectivity index (χ0v) is 78.7. The third-order valence-electron chi connectivity index (χ3n) is 20.5. The Bertz CT molecular complexity index is 6980. The van der Waals surface area contributed by atoms with E-state index in [1.54, 1.807) is 89.8 Å². The number of carbonyl (C=O) groups is 5. The van der Waals surface area contributed by atoms with E-state index in [1.807, 2.05) is 79.7 Å². The van der Waals surface area contributed by atoms with E-state index >= 15 is 0 Å². The third kappa shape index (κ3) is 23.1. The monoisotopic (exact) mass is 1930 g/mol. The summed E-state index contributed by atoms with van der Waals surface area (Å²) in [4.78, 5) is 89.0. The first-order chi connectivity index (χ1) is 61.8. The second kappa shape index (κ2) is 41.9. The largest absolute Gasteiger partial charge is 0.428 e. The Morgan fingerprint density at radius 3 is 1.24 bits per heavy atom. The summed E-state index contributed by atoms with van der Waals surface area (Å²) in [5.74, 6) is -0.386. The van der Waals surface area contributed by atoms with Crippen LogP contribution in [-0.2, 0) is 89.0 Å². The van der Waals surface area contributed by atoms with Crippen molar-refractivity contribution in [2.75, 3.05) is 31.1 Å². The molecular formula is C90H91N15O16S9. The SMILES string of the molecule is CC(=O)c1cc(-c2ccc(C)nc2)cc(S(=O)(=O)c2cnc(CN)s2)c1.CC(=O)c1cc(-c2ccccc2)cc(S(=O)(=O)c2cnc(CN)o2)c1.CC(=O)c1cc(-c2ccccc2)cc(S(=O)(=O)c2csc(CN)n2)c1.CC(=O)c1cc(N2CCCC2)cc(S(=O)(=O)c2cnc(CN)s2)c1.C[C@@H]1CCN(C(=O)c2cc(-c3cnn(C)c3)cc(S(=O)(=O)c3cnc(CN)s3)c2)C1. The van der Waals surface area contributed by atoms with Gasteiger partial charge >= 0.3 is 0 Å². The van der Waals surface area contributed by atoms with Crippen LogP contribution >= 0.6 is 45.3 Å². The number of Topliss-reactive ketones (excluding diaryl/α,β-unsaturated/α-hetero) is 4. The lowest BCUT2D eigenvalue weighted by atomic mass is 10.0. The smallest absolute Gasteiger partial charge is 0.253 e. The van der Waals surface area contributed by atoms with Crippen molar-refractivity contribution in [3.05, 3.63) is 272 Å². The van der Waals surface area contributed by atoms with Gasteiger partial charge in [0.05, 0.1) is 62.0 Å². The quantitative estimate of drug-likeness (QED) is 0.0332. The summed E-state index contributed by atoms with van der Waals surface area (Å²) >= 11 is 4.34. The Morgan fingerprint density at radius 2 is 0.846 bits per heavy atom. The molecule has 0 bridgehead atoms. The number of benzene rings is 7. The number of amides is 1. The zero-order valence-electron chi connectivity index (χ0n) is 71.3. The normalized spacial score (nSPS) is 13.4. The van der Waals surface area contributed by atoms with Gasteiger partial charge in [-0.3, -0.25) is 33.6 Å². The van der Waals surface area contributed by atoms with Crippen molar-refractivity contribution in [2.24, 2.45) is 41.6 Å². The molecule has 0 spiro atoms. The number of nitrogens with zero attached hydrogens (tertiary/aromatic N) is 10. The third-order valence-corrected chi connectivity index (χ3v) is 34.3. The average Bonchev–Trinajstić information content (AvgIpc) is 1.53. The average molecular weight is 1930 g/mol. The minimum atomic E-state index is -3.95. The van der Waals surface area contributed by atoms with Crippen LogP contribution in [0, 0.1) is 12.8 Å². The fourth-order valence-electron chi connectivity index (χ4n) is 13.4. The summed E-state index contributed by atoms with van der Waals surface area (Å²) in [6, 6.07) is 45.7. The highest BCUT2D eigenvalue weighted by Crippen LogP contribution is 2.38. The van der Waals surface area contributed by atoms with Crippen molar-refractivity contribution >= 4 is 129 Å². The molecule has 31 nitrogen and oxygen atoms in total. The van der Waals surface area contributed by atoms with Gasteiger partial charge in [-0.1, -0.05) is 73.7 Å². The van der Waals surface area contributed by atoms with Gasteiger partial charge in [0.15, 0.2) is 28.2 Å². The van der Waals surface area contributed by atoms with Gasteiger partial charge in [0.2, 0.25) is 60.2 Å². The molecule has 10 N–H and O–H groups in total. The molecule has 0 radical (unpaired) electrons. The highest BCUT2D eigenvalue weighted by atomic mass is 32.2. The Balaban J connectivity index is 0.000000147. The van der Waals surface area contributed by atoms with Gasteiger partial charge in [-0.15, -0.1) is 45.3 Å². The van der Waals surface area contributed by atoms with E-state index in [-0.39, 0.29) is 115 Å². The molecule has 0 saturated carbocycles. The summed E-state index contributed by atoms with van der Waals surface area (Å²) in [5.41, 5.74) is 36.6. The maximum Gasteiger partial charge on any atom is 0.253 e. The van der Waals surface area contributed by atoms with Crippen LogP contribution in [0.5, 0.6) is 0 Å². The van der Waals surface area contributed by atoms with Gasteiger partial charge in [-0.05, 0) is 190 Å². The van der Waals surface area contributed by atoms with Gasteiger partial charge in [0.25, 0.3) is 5.91 Å². The number of anilines is 1. The van der Waals surface area contributed by atoms with Crippen molar-refractivity contribution in [1.82, 2.24) is 44.6 Å². The fourth-order valence-corrected chi connectivity index (χ4v) is 24.5. The van der Waals surface area contributed by atoms with Crippen LogP contribution < -0.4 is 33.6 Å². The van der Waals surface area contributed by atoms with E-state index < -0.39 is 49.2 Å². The van der Waals surface area contributed by atoms with Gasteiger partial charge in [0.1, 0.15) is 32.7 Å². The molecule has 0 aliphatic carbocycles. The number of carbonyl (C=O) groups excluding carboxylic acids is 5. The molecule has 1 atom stereocenters. The number of hydrogen-bond acceptors (Lipinski definition) is 33. The highest BCUT2D eigenvalue weighted by Gasteiger charge is 2.32. The number of aryl methyl sites for hydroxylation is 2. The number of rotatable bonds is 25. The number of ketones is 4. The lowest BCUT2D eigenvalue weighted by Gasteiger charge is -2.19. The number of nitrogens with two attached hydrogens (primary N) is 5. The van der Waals surface area contributed by atoms with E-state index in [0.717, 1.165) is 106 Å². The van der Waals surface area contributed by atoms with Gasteiger partial charge < -0.3 is 42.9 Å². The molecule has 2 fully saturated rings. The van der Waals surface area contributed by atoms with Crippen LogP contribution in [0.25, 0.3) is 44.5 Å². The number of likely N-dealkylation sites (tertiary alicyclic amines) is 1. The van der Waals surface area contributed by atoms with Crippen LogP contribution in [0.3, 0.4) is 0 Å². The van der Waals surface area contributed by atoms with Gasteiger partial charge in [-0.25, -0.2) is 67.0 Å². The summed E-state index contributed by atoms with van der Waals surface area (Å²) in [7, 11) is -17.3. The van der Waals surface area contributed by atoms with E-state index in [9.17, 15) is 66.1 Å². The summed E-state index contributed by atoms with van der Waals surface area (Å²) < 4.78 is 137. The lowest BCUT2D eigenvalue weighted by Crippen LogP contribution is -2.28. The Morgan fingerprint density at radius 1 is 0.423 bits per heavy atom. The molecule has 14 aromatic rings. The number of hydrogen-bond donors (Lipinski definition) is 5. The Hall–Kier alpha value is -11.9. The second-order valence-electron chi connectivity index (χ2n) is 30.0. The minimum absolute atomic E-state index is 0.00172. The Labute approximate surface area is 768 Å². The second-order valence-corrected chi connectivity index (χ2v) is 44.6. The van der Waals surface area contributed by atoms with E-state index in [2.05, 4.69) is 46.8 Å². The first kappa shape index (κ1) is 97.2. The van der Waals surface area contributed by atoms with Crippen molar-refractivity contribution in [2.45, 2.75) is 141 Å². The number of sulfone groups is 5. The predicted molar refractivity (Wildman–Crippen MR) is 496 cm³/mol. The van der Waals surface area contributed by atoms with Crippen LogP contribution in [0.1, 0.15) is 137 Å². The molecule has 2 aliphatic rings. The van der Waals surface area contributed by atoms with Gasteiger partial charge in [-0.2, -0.15) is 5.10 Å². The molecule has 7 aromatic carbocycles. The fraction of sp³-hybridized carbons (Fsp3) is 0.222. The molecule has 0 unspecified atom stereocenters. The van der Waals surface area contributed by atoms with Crippen molar-refractivity contribution in [1.29, 1.82) is 0 Å². The van der Waals surface area contributed by atoms with Crippen LogP contribution in [0.15, 0.2) is 264 Å². The van der Waals surface area contributed by atoms with Crippen molar-refractivity contribution < 1.29 is 70.5 Å². The topological polar surface area (TPSA) is 501 Å². The first-order valence-corrected chi connectivity index (χ1v) is 50.9. The van der Waals surface area contributed by atoms with E-state index in [0.29, 0.717) is 89.1 Å². The molecule has 130 heavy (non-hydrogen) atoms. The maximum absolute atomic E-state index is 13.3. The Kier molecular flexibility index (Phi) is 31.3. The predicted octanol–water partition coefficient (Wildman–Crippen LogP) is 13.7. The molecule has 16 rings (SSSR count). The van der Waals surface area contributed by atoms with E-state index in [4.69, 9.17) is 33.1 Å². The minimum Gasteiger partial charge on any atom is -0.428 e. The van der Waals surface area contributed by atoms with E-state index in [1.165, 1.54) is 99.4 Å². The summed E-state index contributed by atoms with van der Waals surface area (Å²) in [6.45, 7) is 13.4. The summed E-state index contributed by atoms with van der Waals surface area (Å²) in [6.07, 6.45) is 13.3. The zero-order chi connectivity index (χ0) is 93.7. The molecule has 2 aliphatic heterocycles. The number of thiazole rings is 4. The van der Waals surface area contributed by atoms with Crippen LogP contribution in [0.2, 0.25) is 0 Å². The van der Waals surface area contributed by atoms with Crippen LogP contribution in [0.4, 0.5) is 5.69 Å².